The van der Waals surface area contributed by atoms with Crippen molar-refractivity contribution in [2.24, 2.45) is 0 Å². The molecule has 2 unspecified atom stereocenters. The van der Waals surface area contributed by atoms with Crippen molar-refractivity contribution in [2.75, 3.05) is 0 Å². The van der Waals surface area contributed by atoms with Crippen molar-refractivity contribution in [3.63, 3.8) is 0 Å². The van der Waals surface area contributed by atoms with E-state index in [-0.39, 0.29) is 13.0 Å². The van der Waals surface area contributed by atoms with Gasteiger partial charge in [-0.1, -0.05) is 30.3 Å². The molecular formula is C15H18F3NO2. The summed E-state index contributed by atoms with van der Waals surface area (Å²) in [6.45, 7) is 1.61. The number of hydrogen-bond donors (Lipinski definition) is 0. The standard InChI is InChI=1S/C15H18F3NO2/c1-11-6-5-9-13(15(16,17)18)19(11)14(20)21-10-12-7-3-2-4-8-12/h2-4,7-8,11,13H,5-6,9-10H2,1H3. The highest BCUT2D eigenvalue weighted by atomic mass is 19.4. The SMILES string of the molecule is CC1CCCC(C(F)(F)F)N1C(=O)OCc1ccccc1. The minimum Gasteiger partial charge on any atom is -0.445 e. The lowest BCUT2D eigenvalue weighted by Gasteiger charge is -2.40. The average Bonchev–Trinajstić information content (AvgIpc) is 2.44. The fourth-order valence-electron chi connectivity index (χ4n) is 2.61. The Balaban J connectivity index is 2.04. The molecule has 1 heterocycles. The third kappa shape index (κ3) is 3.89. The van der Waals surface area contributed by atoms with Gasteiger partial charge in [0.2, 0.25) is 0 Å². The van der Waals surface area contributed by atoms with Crippen LogP contribution in [0.15, 0.2) is 30.3 Å². The zero-order chi connectivity index (χ0) is 15.5. The first-order valence-corrected chi connectivity index (χ1v) is 6.95. The summed E-state index contributed by atoms with van der Waals surface area (Å²) in [5.41, 5.74) is 0.749. The van der Waals surface area contributed by atoms with Crippen LogP contribution in [0.4, 0.5) is 18.0 Å². The molecule has 0 saturated carbocycles. The van der Waals surface area contributed by atoms with E-state index in [1.807, 2.05) is 6.07 Å². The largest absolute Gasteiger partial charge is 0.445 e. The minimum absolute atomic E-state index is 0.0204. The highest BCUT2D eigenvalue weighted by Crippen LogP contribution is 2.34. The summed E-state index contributed by atoms with van der Waals surface area (Å²) < 4.78 is 44.2. The van der Waals surface area contributed by atoms with Crippen LogP contribution in [0.3, 0.4) is 0 Å². The summed E-state index contributed by atoms with van der Waals surface area (Å²) in [4.78, 5) is 12.9. The van der Waals surface area contributed by atoms with Crippen LogP contribution in [-0.2, 0) is 11.3 Å². The summed E-state index contributed by atoms with van der Waals surface area (Å²) >= 11 is 0. The number of piperidine rings is 1. The topological polar surface area (TPSA) is 29.5 Å². The number of rotatable bonds is 2. The highest BCUT2D eigenvalue weighted by molar-refractivity contribution is 5.68. The molecule has 0 radical (unpaired) electrons. The number of benzene rings is 1. The number of alkyl halides is 3. The van der Waals surface area contributed by atoms with Crippen molar-refractivity contribution in [3.8, 4) is 0 Å². The molecule has 0 N–H and O–H groups in total. The van der Waals surface area contributed by atoms with E-state index >= 15 is 0 Å². The second-order valence-corrected chi connectivity index (χ2v) is 5.28. The van der Waals surface area contributed by atoms with Crippen LogP contribution in [0.2, 0.25) is 0 Å². The smallest absolute Gasteiger partial charge is 0.410 e. The third-order valence-corrected chi connectivity index (χ3v) is 3.70. The number of ether oxygens (including phenoxy) is 1. The van der Waals surface area contributed by atoms with Gasteiger partial charge in [-0.05, 0) is 31.7 Å². The summed E-state index contributed by atoms with van der Waals surface area (Å²) in [5.74, 6) is 0. The maximum absolute atomic E-state index is 13.0. The molecule has 0 aliphatic carbocycles. The zero-order valence-corrected chi connectivity index (χ0v) is 11.8. The maximum atomic E-state index is 13.0. The van der Waals surface area contributed by atoms with Crippen molar-refractivity contribution >= 4 is 6.09 Å². The predicted molar refractivity (Wildman–Crippen MR) is 71.6 cm³/mol. The summed E-state index contributed by atoms with van der Waals surface area (Å²) in [6.07, 6.45) is -4.34. The molecule has 2 atom stereocenters. The van der Waals surface area contributed by atoms with E-state index in [4.69, 9.17) is 4.74 Å². The Hall–Kier alpha value is -1.72. The number of likely N-dealkylation sites (tertiary alicyclic amines) is 1. The van der Waals surface area contributed by atoms with Crippen LogP contribution < -0.4 is 0 Å². The number of hydrogen-bond acceptors (Lipinski definition) is 2. The lowest BCUT2D eigenvalue weighted by atomic mass is 9.96. The lowest BCUT2D eigenvalue weighted by Crippen LogP contribution is -2.55. The van der Waals surface area contributed by atoms with Crippen LogP contribution in [0.1, 0.15) is 31.7 Å². The molecule has 0 aromatic heterocycles. The van der Waals surface area contributed by atoms with Gasteiger partial charge in [-0.2, -0.15) is 13.2 Å². The fraction of sp³-hybridized carbons (Fsp3) is 0.533. The van der Waals surface area contributed by atoms with E-state index in [9.17, 15) is 18.0 Å². The highest BCUT2D eigenvalue weighted by Gasteiger charge is 2.49. The van der Waals surface area contributed by atoms with E-state index in [2.05, 4.69) is 0 Å². The van der Waals surface area contributed by atoms with Gasteiger partial charge in [-0.15, -0.1) is 0 Å². The Morgan fingerprint density at radius 3 is 2.57 bits per heavy atom. The van der Waals surface area contributed by atoms with E-state index in [0.717, 1.165) is 10.5 Å². The van der Waals surface area contributed by atoms with E-state index in [1.165, 1.54) is 0 Å². The lowest BCUT2D eigenvalue weighted by molar-refractivity contribution is -0.191. The Bertz CT molecular complexity index is 476. The quantitative estimate of drug-likeness (QED) is 0.822. The van der Waals surface area contributed by atoms with Gasteiger partial charge in [0.1, 0.15) is 12.6 Å². The zero-order valence-electron chi connectivity index (χ0n) is 11.8. The molecule has 21 heavy (non-hydrogen) atoms. The van der Waals surface area contributed by atoms with Crippen molar-refractivity contribution in [3.05, 3.63) is 35.9 Å². The van der Waals surface area contributed by atoms with Gasteiger partial charge in [0.05, 0.1) is 0 Å². The van der Waals surface area contributed by atoms with E-state index in [1.54, 1.807) is 31.2 Å². The second kappa shape index (κ2) is 6.37. The molecule has 0 spiro atoms. The van der Waals surface area contributed by atoms with Crippen LogP contribution in [0.25, 0.3) is 0 Å². The van der Waals surface area contributed by atoms with E-state index in [0.29, 0.717) is 12.8 Å². The molecule has 1 aromatic rings. The third-order valence-electron chi connectivity index (χ3n) is 3.70. The van der Waals surface area contributed by atoms with Gasteiger partial charge in [0, 0.05) is 6.04 Å². The molecule has 1 aromatic carbocycles. The van der Waals surface area contributed by atoms with Crippen molar-refractivity contribution in [1.29, 1.82) is 0 Å². The molecular weight excluding hydrogens is 283 g/mol. The van der Waals surface area contributed by atoms with Gasteiger partial charge in [0.25, 0.3) is 0 Å². The molecule has 2 rings (SSSR count). The fourth-order valence-corrected chi connectivity index (χ4v) is 2.61. The van der Waals surface area contributed by atoms with Crippen LogP contribution >= 0.6 is 0 Å². The molecule has 1 fully saturated rings. The Labute approximate surface area is 121 Å². The molecule has 6 heteroatoms. The van der Waals surface area contributed by atoms with Crippen LogP contribution in [-0.4, -0.2) is 29.3 Å². The Morgan fingerprint density at radius 1 is 1.29 bits per heavy atom. The molecule has 116 valence electrons. The predicted octanol–water partition coefficient (Wildman–Crippen LogP) is 4.13. The Morgan fingerprint density at radius 2 is 1.95 bits per heavy atom. The van der Waals surface area contributed by atoms with Crippen LogP contribution in [0.5, 0.6) is 0 Å². The number of carbonyl (C=O) groups is 1. The molecule has 1 aliphatic rings. The summed E-state index contributed by atoms with van der Waals surface area (Å²) in [5, 5.41) is 0. The van der Waals surface area contributed by atoms with Gasteiger partial charge < -0.3 is 4.74 Å². The number of amides is 1. The number of halogens is 3. The van der Waals surface area contributed by atoms with Gasteiger partial charge in [0.15, 0.2) is 0 Å². The average molecular weight is 301 g/mol. The van der Waals surface area contributed by atoms with Crippen molar-refractivity contribution < 1.29 is 22.7 Å². The van der Waals surface area contributed by atoms with Gasteiger partial charge >= 0.3 is 12.3 Å². The minimum atomic E-state index is -4.42. The first-order chi connectivity index (χ1) is 9.89. The van der Waals surface area contributed by atoms with Crippen LogP contribution in [0, 0.1) is 0 Å². The monoisotopic (exact) mass is 301 g/mol. The summed E-state index contributed by atoms with van der Waals surface area (Å²) in [7, 11) is 0. The first kappa shape index (κ1) is 15.7. The molecule has 1 aliphatic heterocycles. The van der Waals surface area contributed by atoms with Gasteiger partial charge in [-0.25, -0.2) is 4.79 Å². The Kier molecular flexibility index (Phi) is 4.75. The molecule has 1 saturated heterocycles. The number of carbonyl (C=O) groups excluding carboxylic acids is 1. The van der Waals surface area contributed by atoms with Crippen molar-refractivity contribution in [2.45, 2.75) is 51.1 Å². The van der Waals surface area contributed by atoms with Gasteiger partial charge in [-0.3, -0.25) is 4.90 Å². The van der Waals surface area contributed by atoms with Crippen molar-refractivity contribution in [1.82, 2.24) is 4.90 Å². The van der Waals surface area contributed by atoms with E-state index < -0.39 is 24.4 Å². The second-order valence-electron chi connectivity index (χ2n) is 5.28. The maximum Gasteiger partial charge on any atom is 0.410 e. The normalized spacial score (nSPS) is 23.0. The first-order valence-electron chi connectivity index (χ1n) is 6.95. The molecule has 0 bridgehead atoms. The number of nitrogens with zero attached hydrogens (tertiary/aromatic N) is 1. The summed E-state index contributed by atoms with van der Waals surface area (Å²) in [6, 6.07) is 6.69. The molecule has 1 amide bonds. The molecule has 3 nitrogen and oxygen atoms in total.